The molecule has 32 heavy (non-hydrogen) atoms. The van der Waals surface area contributed by atoms with E-state index >= 15 is 0 Å². The molecule has 0 aliphatic carbocycles. The van der Waals surface area contributed by atoms with E-state index in [4.69, 9.17) is 5.73 Å². The highest BCUT2D eigenvalue weighted by molar-refractivity contribution is 5.93. The lowest BCUT2D eigenvalue weighted by Crippen LogP contribution is -2.25. The van der Waals surface area contributed by atoms with Gasteiger partial charge in [0.05, 0.1) is 11.2 Å². The van der Waals surface area contributed by atoms with Crippen molar-refractivity contribution >= 4 is 28.3 Å². The number of benzene rings is 3. The molecule has 1 heterocycles. The maximum Gasteiger partial charge on any atom is 0.227 e. The fraction of sp³-hybridized carbons (Fsp3) is 0.185. The summed E-state index contributed by atoms with van der Waals surface area (Å²) < 4.78 is 13.9. The van der Waals surface area contributed by atoms with Gasteiger partial charge in [0, 0.05) is 11.3 Å². The number of aromatic nitrogens is 1. The summed E-state index contributed by atoms with van der Waals surface area (Å²) >= 11 is 0. The molecule has 0 fully saturated rings. The van der Waals surface area contributed by atoms with Crippen LogP contribution in [0.3, 0.4) is 0 Å². The van der Waals surface area contributed by atoms with Gasteiger partial charge in [-0.15, -0.1) is 0 Å². The molecule has 3 N–H and O–H groups in total. The first kappa shape index (κ1) is 21.5. The Morgan fingerprint density at radius 2 is 1.81 bits per heavy atom. The van der Waals surface area contributed by atoms with Gasteiger partial charge in [0.1, 0.15) is 11.6 Å². The minimum atomic E-state index is -0.452. The number of nitrogens with one attached hydrogen (secondary N) is 1. The third-order valence-corrected chi connectivity index (χ3v) is 5.84. The quantitative estimate of drug-likeness (QED) is 0.388. The van der Waals surface area contributed by atoms with E-state index in [1.165, 1.54) is 17.2 Å². The van der Waals surface area contributed by atoms with Crippen LogP contribution in [0.15, 0.2) is 72.8 Å². The molecule has 1 atom stereocenters. The number of nitrogen functional groups attached to an aromatic ring is 1. The summed E-state index contributed by atoms with van der Waals surface area (Å²) in [5.74, 6) is -0.619. The van der Waals surface area contributed by atoms with Crippen LogP contribution in [0.25, 0.3) is 22.0 Å². The third-order valence-electron chi connectivity index (χ3n) is 5.84. The Kier molecular flexibility index (Phi) is 6.17. The number of nitrogens with zero attached hydrogens (tertiary/aromatic N) is 1. The molecule has 0 aliphatic heterocycles. The van der Waals surface area contributed by atoms with Crippen LogP contribution in [0, 0.1) is 18.7 Å². The number of pyridine rings is 1. The first-order chi connectivity index (χ1) is 15.5. The molecule has 5 heteroatoms. The predicted molar refractivity (Wildman–Crippen MR) is 129 cm³/mol. The van der Waals surface area contributed by atoms with Crippen LogP contribution in [0.2, 0.25) is 0 Å². The van der Waals surface area contributed by atoms with E-state index in [1.807, 2.05) is 37.3 Å². The number of hydrogen-bond acceptors (Lipinski definition) is 3. The monoisotopic (exact) mass is 427 g/mol. The van der Waals surface area contributed by atoms with E-state index in [0.717, 1.165) is 22.0 Å². The Hall–Kier alpha value is -3.73. The maximum absolute atomic E-state index is 13.9. The fourth-order valence-electron chi connectivity index (χ4n) is 3.95. The SMILES string of the molecule is CCC(Cc1cc2cc(-c3ccccc3C)ccc2nc1N)C(=O)Nc1ccccc1F. The van der Waals surface area contributed by atoms with Crippen molar-refractivity contribution in [2.45, 2.75) is 26.7 Å². The van der Waals surface area contributed by atoms with Crippen LogP contribution in [0.5, 0.6) is 0 Å². The molecule has 0 spiro atoms. The largest absolute Gasteiger partial charge is 0.383 e. The van der Waals surface area contributed by atoms with Crippen LogP contribution in [0.1, 0.15) is 24.5 Å². The van der Waals surface area contributed by atoms with Crippen molar-refractivity contribution in [3.8, 4) is 11.1 Å². The summed E-state index contributed by atoms with van der Waals surface area (Å²) in [5, 5.41) is 3.67. The molecule has 4 nitrogen and oxygen atoms in total. The van der Waals surface area contributed by atoms with Gasteiger partial charge in [-0.25, -0.2) is 9.37 Å². The Labute approximate surface area is 187 Å². The van der Waals surface area contributed by atoms with Crippen molar-refractivity contribution in [1.82, 2.24) is 4.98 Å². The van der Waals surface area contributed by atoms with E-state index in [-0.39, 0.29) is 17.5 Å². The lowest BCUT2D eigenvalue weighted by molar-refractivity contribution is -0.119. The molecular formula is C27H26FN3O. The average molecular weight is 428 g/mol. The Morgan fingerprint density at radius 1 is 1.06 bits per heavy atom. The van der Waals surface area contributed by atoms with Crippen LogP contribution in [-0.4, -0.2) is 10.9 Å². The van der Waals surface area contributed by atoms with Gasteiger partial charge in [-0.1, -0.05) is 49.4 Å². The van der Waals surface area contributed by atoms with Gasteiger partial charge in [-0.3, -0.25) is 4.79 Å². The smallest absolute Gasteiger partial charge is 0.227 e. The molecule has 0 radical (unpaired) electrons. The van der Waals surface area contributed by atoms with Crippen molar-refractivity contribution in [3.63, 3.8) is 0 Å². The Morgan fingerprint density at radius 3 is 2.56 bits per heavy atom. The number of halogens is 1. The standard InChI is InChI=1S/C27H26FN3O/c1-3-18(27(32)31-25-11-7-6-10-23(25)28)14-21-16-20-15-19(12-13-24(20)30-26(21)29)22-9-5-4-8-17(22)2/h4-13,15-16,18H,3,14H2,1-2H3,(H2,29,30)(H,31,32). The highest BCUT2D eigenvalue weighted by atomic mass is 19.1. The maximum atomic E-state index is 13.9. The molecule has 4 rings (SSSR count). The van der Waals surface area contributed by atoms with Gasteiger partial charge >= 0.3 is 0 Å². The second-order valence-electron chi connectivity index (χ2n) is 8.03. The highest BCUT2D eigenvalue weighted by Crippen LogP contribution is 2.29. The fourth-order valence-corrected chi connectivity index (χ4v) is 3.95. The molecule has 162 valence electrons. The Bertz CT molecular complexity index is 1290. The van der Waals surface area contributed by atoms with E-state index in [2.05, 4.69) is 35.4 Å². The number of amides is 1. The molecule has 1 unspecified atom stereocenters. The highest BCUT2D eigenvalue weighted by Gasteiger charge is 2.20. The number of aryl methyl sites for hydroxylation is 1. The van der Waals surface area contributed by atoms with Crippen LogP contribution in [0.4, 0.5) is 15.9 Å². The van der Waals surface area contributed by atoms with Crippen LogP contribution < -0.4 is 11.1 Å². The van der Waals surface area contributed by atoms with E-state index in [9.17, 15) is 9.18 Å². The number of anilines is 2. The number of carbonyl (C=O) groups excluding carboxylic acids is 1. The number of carbonyl (C=O) groups is 1. The van der Waals surface area contributed by atoms with Gasteiger partial charge in [0.25, 0.3) is 0 Å². The number of hydrogen-bond donors (Lipinski definition) is 2. The normalized spacial score (nSPS) is 12.0. The molecule has 4 aromatic rings. The summed E-state index contributed by atoms with van der Waals surface area (Å²) in [6.45, 7) is 4.03. The molecular weight excluding hydrogens is 401 g/mol. The summed E-state index contributed by atoms with van der Waals surface area (Å²) in [7, 11) is 0. The number of nitrogens with two attached hydrogens (primary N) is 1. The van der Waals surface area contributed by atoms with Gasteiger partial charge in [-0.05, 0) is 72.4 Å². The molecule has 0 saturated heterocycles. The zero-order valence-electron chi connectivity index (χ0n) is 18.2. The van der Waals surface area contributed by atoms with Crippen molar-refractivity contribution in [2.75, 3.05) is 11.1 Å². The van der Waals surface area contributed by atoms with Crippen molar-refractivity contribution < 1.29 is 9.18 Å². The van der Waals surface area contributed by atoms with Crippen LogP contribution >= 0.6 is 0 Å². The zero-order chi connectivity index (χ0) is 22.7. The van der Waals surface area contributed by atoms with E-state index in [0.29, 0.717) is 18.7 Å². The molecule has 3 aromatic carbocycles. The number of fused-ring (bicyclic) bond motifs is 1. The summed E-state index contributed by atoms with van der Waals surface area (Å²) in [5.41, 5.74) is 11.5. The Balaban J connectivity index is 1.62. The van der Waals surface area contributed by atoms with Crippen molar-refractivity contribution in [2.24, 2.45) is 5.92 Å². The first-order valence-electron chi connectivity index (χ1n) is 10.8. The average Bonchev–Trinajstić information content (AvgIpc) is 2.79. The van der Waals surface area contributed by atoms with Gasteiger partial charge in [-0.2, -0.15) is 0 Å². The molecule has 0 bridgehead atoms. The summed E-state index contributed by atoms with van der Waals surface area (Å²) in [6, 6.07) is 22.5. The van der Waals surface area contributed by atoms with Crippen molar-refractivity contribution in [1.29, 1.82) is 0 Å². The lowest BCUT2D eigenvalue weighted by Gasteiger charge is -2.17. The topological polar surface area (TPSA) is 68.0 Å². The van der Waals surface area contributed by atoms with Crippen molar-refractivity contribution in [3.05, 3.63) is 89.7 Å². The molecule has 0 saturated carbocycles. The van der Waals surface area contributed by atoms with Gasteiger partial charge in [0.2, 0.25) is 5.91 Å². The molecule has 1 aromatic heterocycles. The lowest BCUT2D eigenvalue weighted by atomic mass is 9.94. The third kappa shape index (κ3) is 4.47. The summed E-state index contributed by atoms with van der Waals surface area (Å²) in [4.78, 5) is 17.4. The van der Waals surface area contributed by atoms with Gasteiger partial charge < -0.3 is 11.1 Å². The molecule has 1 amide bonds. The zero-order valence-corrected chi connectivity index (χ0v) is 18.2. The van der Waals surface area contributed by atoms with E-state index in [1.54, 1.807) is 18.2 Å². The minimum Gasteiger partial charge on any atom is -0.383 e. The minimum absolute atomic E-state index is 0.184. The van der Waals surface area contributed by atoms with Crippen LogP contribution in [-0.2, 0) is 11.2 Å². The second kappa shape index (κ2) is 9.18. The predicted octanol–water partition coefficient (Wildman–Crippen LogP) is 6.14. The molecule has 0 aliphatic rings. The second-order valence-corrected chi connectivity index (χ2v) is 8.03. The first-order valence-corrected chi connectivity index (χ1v) is 10.8. The number of para-hydroxylation sites is 1. The van der Waals surface area contributed by atoms with Gasteiger partial charge in [0.15, 0.2) is 0 Å². The van der Waals surface area contributed by atoms with E-state index < -0.39 is 5.82 Å². The summed E-state index contributed by atoms with van der Waals surface area (Å²) in [6.07, 6.45) is 1.03. The number of rotatable bonds is 6.